The average Bonchev–Trinajstić information content (AvgIpc) is 3.27. The van der Waals surface area contributed by atoms with Crippen LogP contribution in [0.1, 0.15) is 38.5 Å². The van der Waals surface area contributed by atoms with Crippen molar-refractivity contribution >= 4 is 34.0 Å². The molecule has 0 radical (unpaired) electrons. The van der Waals surface area contributed by atoms with Gasteiger partial charge in [0.15, 0.2) is 0 Å². The highest BCUT2D eigenvalue weighted by atomic mass is 35.5. The molecule has 0 spiro atoms. The highest BCUT2D eigenvalue weighted by Crippen LogP contribution is 2.32. The SMILES string of the molecule is COc1cc(NC(=O)C[C@@H]2CCC[C@H]2N)ccc1S(=O)(=O)N1CCCC1.Cl. The maximum absolute atomic E-state index is 12.8. The minimum absolute atomic E-state index is 0. The third kappa shape index (κ3) is 4.93. The first-order valence-electron chi connectivity index (χ1n) is 9.15. The first-order chi connectivity index (χ1) is 12.4. The number of carbonyl (C=O) groups excluding carboxylic acids is 1. The van der Waals surface area contributed by atoms with Gasteiger partial charge >= 0.3 is 0 Å². The Hall–Kier alpha value is -1.35. The van der Waals surface area contributed by atoms with Crippen LogP contribution in [0.15, 0.2) is 23.1 Å². The van der Waals surface area contributed by atoms with E-state index in [1.807, 2.05) is 0 Å². The van der Waals surface area contributed by atoms with Crippen LogP contribution < -0.4 is 15.8 Å². The maximum Gasteiger partial charge on any atom is 0.246 e. The quantitative estimate of drug-likeness (QED) is 0.739. The van der Waals surface area contributed by atoms with Crippen molar-refractivity contribution in [2.45, 2.75) is 49.5 Å². The number of amides is 1. The van der Waals surface area contributed by atoms with Gasteiger partial charge in [0.25, 0.3) is 0 Å². The normalized spacial score (nSPS) is 23.0. The number of anilines is 1. The number of rotatable bonds is 6. The number of benzene rings is 1. The molecule has 0 unspecified atom stereocenters. The van der Waals surface area contributed by atoms with E-state index in [1.165, 1.54) is 17.5 Å². The molecule has 1 aliphatic carbocycles. The molecule has 1 amide bonds. The lowest BCUT2D eigenvalue weighted by molar-refractivity contribution is -0.117. The van der Waals surface area contributed by atoms with Crippen LogP contribution >= 0.6 is 12.4 Å². The van der Waals surface area contributed by atoms with Gasteiger partial charge in [-0.3, -0.25) is 4.79 Å². The number of hydrogen-bond donors (Lipinski definition) is 2. The maximum atomic E-state index is 12.8. The van der Waals surface area contributed by atoms with Crippen LogP contribution in [0, 0.1) is 5.92 Å². The Morgan fingerprint density at radius 2 is 1.96 bits per heavy atom. The molecule has 3 rings (SSSR count). The van der Waals surface area contributed by atoms with E-state index in [-0.39, 0.29) is 40.9 Å². The van der Waals surface area contributed by atoms with Crippen molar-refractivity contribution < 1.29 is 17.9 Å². The summed E-state index contributed by atoms with van der Waals surface area (Å²) in [4.78, 5) is 12.4. The van der Waals surface area contributed by atoms with Gasteiger partial charge in [-0.15, -0.1) is 12.4 Å². The van der Waals surface area contributed by atoms with Crippen molar-refractivity contribution in [2.75, 3.05) is 25.5 Å². The van der Waals surface area contributed by atoms with E-state index in [2.05, 4.69) is 5.32 Å². The van der Waals surface area contributed by atoms with Crippen molar-refractivity contribution in [1.29, 1.82) is 0 Å². The van der Waals surface area contributed by atoms with E-state index in [1.54, 1.807) is 12.1 Å². The van der Waals surface area contributed by atoms with E-state index in [4.69, 9.17) is 10.5 Å². The summed E-state index contributed by atoms with van der Waals surface area (Å²) in [6, 6.07) is 4.76. The van der Waals surface area contributed by atoms with Crippen LogP contribution in [-0.4, -0.2) is 44.9 Å². The summed E-state index contributed by atoms with van der Waals surface area (Å²) in [6.45, 7) is 1.07. The second-order valence-corrected chi connectivity index (χ2v) is 8.99. The van der Waals surface area contributed by atoms with Gasteiger partial charge in [0, 0.05) is 37.3 Å². The highest BCUT2D eigenvalue weighted by molar-refractivity contribution is 7.89. The van der Waals surface area contributed by atoms with Gasteiger partial charge in [0.2, 0.25) is 15.9 Å². The molecular formula is C18H28ClN3O4S. The topological polar surface area (TPSA) is 102 Å². The Labute approximate surface area is 167 Å². The van der Waals surface area contributed by atoms with Gasteiger partial charge < -0.3 is 15.8 Å². The lowest BCUT2D eigenvalue weighted by Gasteiger charge is -2.19. The number of nitrogens with zero attached hydrogens (tertiary/aromatic N) is 1. The van der Waals surface area contributed by atoms with E-state index >= 15 is 0 Å². The average molecular weight is 418 g/mol. The molecule has 9 heteroatoms. The molecule has 1 aromatic rings. The summed E-state index contributed by atoms with van der Waals surface area (Å²) in [7, 11) is -2.14. The molecule has 152 valence electrons. The Kier molecular flexibility index (Phi) is 7.50. The van der Waals surface area contributed by atoms with Crippen molar-refractivity contribution in [1.82, 2.24) is 4.31 Å². The van der Waals surface area contributed by atoms with Gasteiger partial charge in [0.05, 0.1) is 7.11 Å². The summed E-state index contributed by atoms with van der Waals surface area (Å²) in [5.74, 6) is 0.350. The number of methoxy groups -OCH3 is 1. The molecule has 1 saturated heterocycles. The van der Waals surface area contributed by atoms with Crippen LogP contribution in [0.25, 0.3) is 0 Å². The molecule has 1 saturated carbocycles. The van der Waals surface area contributed by atoms with Gasteiger partial charge in [-0.2, -0.15) is 4.31 Å². The third-order valence-corrected chi connectivity index (χ3v) is 7.23. The van der Waals surface area contributed by atoms with Gasteiger partial charge in [-0.1, -0.05) is 6.42 Å². The van der Waals surface area contributed by atoms with Crippen molar-refractivity contribution in [3.05, 3.63) is 18.2 Å². The molecule has 1 aromatic carbocycles. The molecule has 1 heterocycles. The highest BCUT2D eigenvalue weighted by Gasteiger charge is 2.30. The fraction of sp³-hybridized carbons (Fsp3) is 0.611. The number of hydrogen-bond acceptors (Lipinski definition) is 5. The van der Waals surface area contributed by atoms with Crippen LogP contribution in [-0.2, 0) is 14.8 Å². The fourth-order valence-electron chi connectivity index (χ4n) is 3.80. The number of halogens is 1. The monoisotopic (exact) mass is 417 g/mol. The zero-order chi connectivity index (χ0) is 18.7. The zero-order valence-corrected chi connectivity index (χ0v) is 17.2. The third-order valence-electron chi connectivity index (χ3n) is 5.30. The Bertz CT molecular complexity index is 766. The molecule has 1 aliphatic heterocycles. The number of nitrogens with two attached hydrogens (primary N) is 1. The summed E-state index contributed by atoms with van der Waals surface area (Å²) in [5.41, 5.74) is 6.55. The van der Waals surface area contributed by atoms with Crippen LogP contribution in [0.5, 0.6) is 5.75 Å². The number of ether oxygens (including phenoxy) is 1. The summed E-state index contributed by atoms with van der Waals surface area (Å²) in [5, 5.41) is 2.83. The predicted octanol–water partition coefficient (Wildman–Crippen LogP) is 2.36. The van der Waals surface area contributed by atoms with Crippen LogP contribution in [0.2, 0.25) is 0 Å². The van der Waals surface area contributed by atoms with E-state index in [9.17, 15) is 13.2 Å². The first kappa shape index (κ1) is 21.9. The Balaban J connectivity index is 0.00000261. The fourth-order valence-corrected chi connectivity index (χ4v) is 5.45. The van der Waals surface area contributed by atoms with E-state index < -0.39 is 10.0 Å². The summed E-state index contributed by atoms with van der Waals surface area (Å²) in [6.07, 6.45) is 5.14. The molecule has 3 N–H and O–H groups in total. The van der Waals surface area contributed by atoms with Gasteiger partial charge in [-0.05, 0) is 43.7 Å². The second-order valence-electron chi connectivity index (χ2n) is 7.08. The van der Waals surface area contributed by atoms with Gasteiger partial charge in [-0.25, -0.2) is 8.42 Å². The van der Waals surface area contributed by atoms with Crippen LogP contribution in [0.4, 0.5) is 5.69 Å². The molecule has 0 aromatic heterocycles. The van der Waals surface area contributed by atoms with E-state index in [0.29, 0.717) is 25.2 Å². The molecule has 0 bridgehead atoms. The minimum atomic E-state index is -3.57. The molecule has 2 fully saturated rings. The van der Waals surface area contributed by atoms with Crippen LogP contribution in [0.3, 0.4) is 0 Å². The lowest BCUT2D eigenvalue weighted by Crippen LogP contribution is -2.28. The first-order valence-corrected chi connectivity index (χ1v) is 10.6. The molecule has 2 aliphatic rings. The standard InChI is InChI=1S/C18H27N3O4S.ClH/c1-25-16-12-14(20-18(22)11-13-5-4-6-15(13)19)7-8-17(16)26(23,24)21-9-2-3-10-21;/h7-8,12-13,15H,2-6,9-11,19H2,1H3,(H,20,22);1H/t13-,15+;/m0./s1. The molecular weight excluding hydrogens is 390 g/mol. The number of nitrogens with one attached hydrogen (secondary N) is 1. The number of sulfonamides is 1. The minimum Gasteiger partial charge on any atom is -0.495 e. The van der Waals surface area contributed by atoms with E-state index in [0.717, 1.165) is 32.1 Å². The smallest absolute Gasteiger partial charge is 0.246 e. The van der Waals surface area contributed by atoms with Crippen molar-refractivity contribution in [2.24, 2.45) is 11.7 Å². The predicted molar refractivity (Wildman–Crippen MR) is 107 cm³/mol. The van der Waals surface area contributed by atoms with Gasteiger partial charge in [0.1, 0.15) is 10.6 Å². The van der Waals surface area contributed by atoms with Crippen molar-refractivity contribution in [3.8, 4) is 5.75 Å². The molecule has 7 nitrogen and oxygen atoms in total. The second kappa shape index (κ2) is 9.23. The Morgan fingerprint density at radius 3 is 2.56 bits per heavy atom. The Morgan fingerprint density at radius 1 is 1.26 bits per heavy atom. The molecule has 27 heavy (non-hydrogen) atoms. The largest absolute Gasteiger partial charge is 0.495 e. The number of carbonyl (C=O) groups is 1. The summed E-state index contributed by atoms with van der Waals surface area (Å²) >= 11 is 0. The lowest BCUT2D eigenvalue weighted by atomic mass is 10.00. The van der Waals surface area contributed by atoms with Crippen molar-refractivity contribution in [3.63, 3.8) is 0 Å². The zero-order valence-electron chi connectivity index (χ0n) is 15.5. The molecule has 2 atom stereocenters. The summed E-state index contributed by atoms with van der Waals surface area (Å²) < 4.78 is 32.3.